The van der Waals surface area contributed by atoms with Gasteiger partial charge in [-0.2, -0.15) is 0 Å². The molecule has 0 fully saturated rings. The molecule has 2 aromatic rings. The third kappa shape index (κ3) is 2.82. The molecule has 0 radical (unpaired) electrons. The lowest BCUT2D eigenvalue weighted by Crippen LogP contribution is -1.99. The Morgan fingerprint density at radius 3 is 2.78 bits per heavy atom. The topological polar surface area (TPSA) is 26.3 Å². The number of ether oxygens (including phenoxy) is 1. The number of halogens is 1. The van der Waals surface area contributed by atoms with Crippen molar-refractivity contribution in [1.29, 1.82) is 0 Å². The molecular weight excluding hydrogens is 312 g/mol. The number of carbonyl (C=O) groups is 1. The van der Waals surface area contributed by atoms with Crippen molar-refractivity contribution in [2.45, 2.75) is 13.8 Å². The van der Waals surface area contributed by atoms with Gasteiger partial charge < -0.3 is 4.74 Å². The number of carbonyl (C=O) groups excluding carboxylic acids is 1. The van der Waals surface area contributed by atoms with Crippen LogP contribution in [0.25, 0.3) is 0 Å². The van der Waals surface area contributed by atoms with Crippen molar-refractivity contribution in [3.05, 3.63) is 50.1 Å². The van der Waals surface area contributed by atoms with Gasteiger partial charge in [0, 0.05) is 5.56 Å². The summed E-state index contributed by atoms with van der Waals surface area (Å²) in [7, 11) is 0. The predicted octanol–water partition coefficient (Wildman–Crippen LogP) is 4.45. The molecule has 18 heavy (non-hydrogen) atoms. The molecule has 4 heteroatoms. The lowest BCUT2D eigenvalue weighted by Gasteiger charge is -2.04. The van der Waals surface area contributed by atoms with Crippen molar-refractivity contribution in [1.82, 2.24) is 0 Å². The van der Waals surface area contributed by atoms with Gasteiger partial charge in [0.2, 0.25) is 5.78 Å². The Hall–Kier alpha value is -1.13. The first-order chi connectivity index (χ1) is 8.61. The van der Waals surface area contributed by atoms with Crippen LogP contribution in [0, 0.1) is 6.92 Å². The molecule has 0 spiro atoms. The molecule has 0 aliphatic rings. The maximum atomic E-state index is 12.3. The summed E-state index contributed by atoms with van der Waals surface area (Å²) >= 11 is 4.90. The van der Waals surface area contributed by atoms with E-state index < -0.39 is 0 Å². The fourth-order valence-corrected chi connectivity index (χ4v) is 3.10. The highest BCUT2D eigenvalue weighted by molar-refractivity contribution is 9.11. The van der Waals surface area contributed by atoms with Crippen LogP contribution in [0.3, 0.4) is 0 Å². The van der Waals surface area contributed by atoms with Gasteiger partial charge in [-0.25, -0.2) is 0 Å². The van der Waals surface area contributed by atoms with Crippen molar-refractivity contribution in [2.24, 2.45) is 0 Å². The standard InChI is InChI=1S/C14H13BrO2S/c1-3-17-11-6-4-5-10(8-11)13(16)12-7-9(2)14(15)18-12/h4-8H,3H2,1-2H3. The molecule has 0 bridgehead atoms. The fraction of sp³-hybridized carbons (Fsp3) is 0.214. The third-order valence-corrected chi connectivity index (χ3v) is 4.62. The van der Waals surface area contributed by atoms with Crippen molar-refractivity contribution in [2.75, 3.05) is 6.61 Å². The number of hydrogen-bond donors (Lipinski definition) is 0. The van der Waals surface area contributed by atoms with Crippen LogP contribution < -0.4 is 4.74 Å². The van der Waals surface area contributed by atoms with Crippen LogP contribution in [-0.4, -0.2) is 12.4 Å². The number of thiophene rings is 1. The molecule has 2 rings (SSSR count). The summed E-state index contributed by atoms with van der Waals surface area (Å²) < 4.78 is 6.41. The highest BCUT2D eigenvalue weighted by Crippen LogP contribution is 2.29. The van der Waals surface area contributed by atoms with Crippen molar-refractivity contribution in [3.63, 3.8) is 0 Å². The maximum absolute atomic E-state index is 12.3. The lowest BCUT2D eigenvalue weighted by molar-refractivity contribution is 0.104. The van der Waals surface area contributed by atoms with E-state index in [1.165, 1.54) is 11.3 Å². The van der Waals surface area contributed by atoms with Crippen molar-refractivity contribution >= 4 is 33.0 Å². The van der Waals surface area contributed by atoms with Crippen LogP contribution in [-0.2, 0) is 0 Å². The molecule has 2 nitrogen and oxygen atoms in total. The second-order valence-electron chi connectivity index (χ2n) is 3.86. The predicted molar refractivity (Wildman–Crippen MR) is 77.8 cm³/mol. The molecule has 0 amide bonds. The van der Waals surface area contributed by atoms with E-state index in [0.717, 1.165) is 20.0 Å². The largest absolute Gasteiger partial charge is 0.494 e. The van der Waals surface area contributed by atoms with Gasteiger partial charge in [-0.1, -0.05) is 12.1 Å². The lowest BCUT2D eigenvalue weighted by atomic mass is 10.1. The minimum absolute atomic E-state index is 0.0374. The van der Waals surface area contributed by atoms with E-state index >= 15 is 0 Å². The second-order valence-corrected chi connectivity index (χ2v) is 6.23. The highest BCUT2D eigenvalue weighted by atomic mass is 79.9. The monoisotopic (exact) mass is 324 g/mol. The fourth-order valence-electron chi connectivity index (χ4n) is 1.61. The van der Waals surface area contributed by atoms with Gasteiger partial charge in [0.25, 0.3) is 0 Å². The summed E-state index contributed by atoms with van der Waals surface area (Å²) in [5, 5.41) is 0. The average Bonchev–Trinajstić information content (AvgIpc) is 2.69. The van der Waals surface area contributed by atoms with Crippen LogP contribution in [0.4, 0.5) is 0 Å². The van der Waals surface area contributed by atoms with E-state index in [1.807, 2.05) is 38.1 Å². The molecule has 94 valence electrons. The average molecular weight is 325 g/mol. The second kappa shape index (κ2) is 5.67. The number of hydrogen-bond acceptors (Lipinski definition) is 3. The molecule has 0 saturated heterocycles. The Morgan fingerprint density at radius 1 is 1.39 bits per heavy atom. The summed E-state index contributed by atoms with van der Waals surface area (Å²) in [6.45, 7) is 4.50. The molecular formula is C14H13BrO2S. The summed E-state index contributed by atoms with van der Waals surface area (Å²) in [6, 6.07) is 9.21. The molecule has 1 aromatic carbocycles. The minimum Gasteiger partial charge on any atom is -0.494 e. The van der Waals surface area contributed by atoms with Crippen LogP contribution in [0.2, 0.25) is 0 Å². The first kappa shape index (κ1) is 13.3. The zero-order valence-corrected chi connectivity index (χ0v) is 12.6. The normalized spacial score (nSPS) is 10.4. The Morgan fingerprint density at radius 2 is 2.17 bits per heavy atom. The molecule has 0 atom stereocenters. The quantitative estimate of drug-likeness (QED) is 0.777. The van der Waals surface area contributed by atoms with Crippen LogP contribution in [0.5, 0.6) is 5.75 Å². The highest BCUT2D eigenvalue weighted by Gasteiger charge is 2.14. The molecule has 1 aromatic heterocycles. The van der Waals surface area contributed by atoms with Crippen LogP contribution in [0.1, 0.15) is 27.7 Å². The van der Waals surface area contributed by atoms with Gasteiger partial charge in [-0.05, 0) is 53.5 Å². The van der Waals surface area contributed by atoms with E-state index in [-0.39, 0.29) is 5.78 Å². The van der Waals surface area contributed by atoms with Crippen LogP contribution >= 0.6 is 27.3 Å². The van der Waals surface area contributed by atoms with E-state index in [0.29, 0.717) is 12.2 Å². The van der Waals surface area contributed by atoms with Gasteiger partial charge in [0.1, 0.15) is 5.75 Å². The van der Waals surface area contributed by atoms with E-state index in [4.69, 9.17) is 4.74 Å². The van der Waals surface area contributed by atoms with E-state index in [2.05, 4.69) is 15.9 Å². The van der Waals surface area contributed by atoms with E-state index in [1.54, 1.807) is 6.07 Å². The Kier molecular flexibility index (Phi) is 4.19. The minimum atomic E-state index is 0.0374. The van der Waals surface area contributed by atoms with Crippen molar-refractivity contribution < 1.29 is 9.53 Å². The molecule has 1 heterocycles. The number of aryl methyl sites for hydroxylation is 1. The first-order valence-electron chi connectivity index (χ1n) is 5.65. The Labute approximate surface area is 119 Å². The molecule has 0 N–H and O–H groups in total. The molecule has 0 saturated carbocycles. The van der Waals surface area contributed by atoms with Gasteiger partial charge >= 0.3 is 0 Å². The van der Waals surface area contributed by atoms with Gasteiger partial charge in [-0.3, -0.25) is 4.79 Å². The SMILES string of the molecule is CCOc1cccc(C(=O)c2cc(C)c(Br)s2)c1. The maximum Gasteiger partial charge on any atom is 0.203 e. The summed E-state index contributed by atoms with van der Waals surface area (Å²) in [6.07, 6.45) is 0. The molecule has 0 aliphatic heterocycles. The number of rotatable bonds is 4. The first-order valence-corrected chi connectivity index (χ1v) is 7.26. The zero-order chi connectivity index (χ0) is 13.1. The molecule has 0 aliphatic carbocycles. The van der Waals surface area contributed by atoms with Gasteiger partial charge in [0.15, 0.2) is 0 Å². The summed E-state index contributed by atoms with van der Waals surface area (Å²) in [5.41, 5.74) is 1.75. The summed E-state index contributed by atoms with van der Waals surface area (Å²) in [4.78, 5) is 13.0. The zero-order valence-electron chi connectivity index (χ0n) is 10.2. The Balaban J connectivity index is 2.30. The Bertz CT molecular complexity index is 555. The molecule has 0 unspecified atom stereocenters. The number of benzene rings is 1. The van der Waals surface area contributed by atoms with Gasteiger partial charge in [0.05, 0.1) is 15.3 Å². The number of ketones is 1. The summed E-state index contributed by atoms with van der Waals surface area (Å²) in [5.74, 6) is 0.769. The van der Waals surface area contributed by atoms with E-state index in [9.17, 15) is 4.79 Å². The van der Waals surface area contributed by atoms with Gasteiger partial charge in [-0.15, -0.1) is 11.3 Å². The third-order valence-electron chi connectivity index (χ3n) is 2.49. The van der Waals surface area contributed by atoms with Crippen LogP contribution in [0.15, 0.2) is 34.1 Å². The van der Waals surface area contributed by atoms with Crippen molar-refractivity contribution in [3.8, 4) is 5.75 Å². The smallest absolute Gasteiger partial charge is 0.203 e.